The summed E-state index contributed by atoms with van der Waals surface area (Å²) in [6, 6.07) is 16.4. The molecule has 1 fully saturated rings. The summed E-state index contributed by atoms with van der Waals surface area (Å²) >= 11 is 0. The number of nitriles is 1. The van der Waals surface area contributed by atoms with Crippen molar-refractivity contribution in [2.75, 3.05) is 36.4 Å². The van der Waals surface area contributed by atoms with Gasteiger partial charge in [0.2, 0.25) is 5.91 Å². The molecule has 1 aliphatic rings. The number of carbonyl (C=O) groups is 2. The molecule has 1 saturated heterocycles. The second-order valence-electron chi connectivity index (χ2n) is 6.98. The number of hydrogen-bond acceptors (Lipinski definition) is 5. The van der Waals surface area contributed by atoms with Crippen LogP contribution < -0.4 is 10.2 Å². The maximum atomic E-state index is 12.6. The molecule has 28 heavy (non-hydrogen) atoms. The van der Waals surface area contributed by atoms with Crippen molar-refractivity contribution in [2.24, 2.45) is 0 Å². The average molecular weight is 376 g/mol. The predicted octanol–water partition coefficient (Wildman–Crippen LogP) is 2.91. The van der Waals surface area contributed by atoms with Crippen molar-refractivity contribution in [2.45, 2.75) is 19.9 Å². The Morgan fingerprint density at radius 3 is 2.14 bits per heavy atom. The van der Waals surface area contributed by atoms with Crippen molar-refractivity contribution in [1.29, 1.82) is 5.26 Å². The number of benzene rings is 2. The zero-order valence-corrected chi connectivity index (χ0v) is 16.2. The smallest absolute Gasteiger partial charge is 0.241 e. The molecule has 6 heteroatoms. The monoisotopic (exact) mass is 376 g/mol. The number of piperazine rings is 1. The molecule has 0 saturated carbocycles. The fraction of sp³-hybridized carbons (Fsp3) is 0.318. The van der Waals surface area contributed by atoms with Gasteiger partial charge in [0, 0.05) is 43.1 Å². The minimum atomic E-state index is -0.238. The topological polar surface area (TPSA) is 76.4 Å². The van der Waals surface area contributed by atoms with Crippen molar-refractivity contribution >= 4 is 23.1 Å². The Hall–Kier alpha value is -3.17. The van der Waals surface area contributed by atoms with E-state index in [1.165, 1.54) is 0 Å². The molecule has 0 spiro atoms. The number of rotatable bonds is 5. The molecule has 0 aromatic heterocycles. The molecular formula is C22H24N4O2. The summed E-state index contributed by atoms with van der Waals surface area (Å²) in [5, 5.41) is 11.8. The maximum absolute atomic E-state index is 12.6. The number of anilines is 2. The third-order valence-corrected chi connectivity index (χ3v) is 5.16. The number of nitrogens with zero attached hydrogens (tertiary/aromatic N) is 3. The van der Waals surface area contributed by atoms with E-state index in [4.69, 9.17) is 5.26 Å². The first kappa shape index (κ1) is 19.6. The highest BCUT2D eigenvalue weighted by molar-refractivity contribution is 5.95. The van der Waals surface area contributed by atoms with Gasteiger partial charge >= 0.3 is 0 Å². The van der Waals surface area contributed by atoms with Gasteiger partial charge < -0.3 is 10.2 Å². The highest BCUT2D eigenvalue weighted by atomic mass is 16.2. The fourth-order valence-electron chi connectivity index (χ4n) is 3.31. The molecular weight excluding hydrogens is 352 g/mol. The second kappa shape index (κ2) is 8.68. The van der Waals surface area contributed by atoms with Crippen LogP contribution in [0.2, 0.25) is 0 Å². The average Bonchev–Trinajstić information content (AvgIpc) is 2.74. The van der Waals surface area contributed by atoms with Crippen LogP contribution in [0.25, 0.3) is 0 Å². The van der Waals surface area contributed by atoms with Gasteiger partial charge in [-0.3, -0.25) is 14.5 Å². The summed E-state index contributed by atoms with van der Waals surface area (Å²) in [6.45, 7) is 6.71. The summed E-state index contributed by atoms with van der Waals surface area (Å²) in [5.41, 5.74) is 3.08. The molecule has 1 heterocycles. The lowest BCUT2D eigenvalue weighted by Crippen LogP contribution is -2.52. The SMILES string of the molecule is CC(=O)c1ccc(N2CCN(C(C)C(=O)Nc3ccc(C#N)cc3)CC2)cc1. The van der Waals surface area contributed by atoms with Crippen LogP contribution in [0, 0.1) is 11.3 Å². The quantitative estimate of drug-likeness (QED) is 0.812. The molecule has 144 valence electrons. The Bertz CT molecular complexity index is 876. The van der Waals surface area contributed by atoms with Crippen LogP contribution in [-0.4, -0.2) is 48.8 Å². The molecule has 1 aliphatic heterocycles. The number of amides is 1. The number of Topliss-reactive ketones (excluding diaryl/α,β-unsaturated/α-hetero) is 1. The summed E-state index contributed by atoms with van der Waals surface area (Å²) in [7, 11) is 0. The first-order valence-electron chi connectivity index (χ1n) is 9.39. The van der Waals surface area contributed by atoms with Crippen LogP contribution in [0.5, 0.6) is 0 Å². The molecule has 2 aromatic rings. The zero-order chi connectivity index (χ0) is 20.1. The minimum Gasteiger partial charge on any atom is -0.369 e. The van der Waals surface area contributed by atoms with Crippen LogP contribution in [-0.2, 0) is 4.79 Å². The molecule has 1 amide bonds. The third-order valence-electron chi connectivity index (χ3n) is 5.16. The lowest BCUT2D eigenvalue weighted by molar-refractivity contribution is -0.120. The van der Waals surface area contributed by atoms with E-state index < -0.39 is 0 Å². The standard InChI is InChI=1S/C22H24N4O2/c1-16(22(28)24-20-7-3-18(15-23)4-8-20)25-11-13-26(14-12-25)21-9-5-19(6-10-21)17(2)27/h3-10,16H,11-14H2,1-2H3,(H,24,28). The molecule has 1 atom stereocenters. The van der Waals surface area contributed by atoms with Gasteiger partial charge in [0.05, 0.1) is 17.7 Å². The van der Waals surface area contributed by atoms with E-state index in [9.17, 15) is 9.59 Å². The number of hydrogen-bond donors (Lipinski definition) is 1. The normalized spacial score (nSPS) is 15.5. The van der Waals surface area contributed by atoms with Crippen LogP contribution >= 0.6 is 0 Å². The van der Waals surface area contributed by atoms with E-state index in [0.717, 1.165) is 37.4 Å². The van der Waals surface area contributed by atoms with Crippen LogP contribution in [0.15, 0.2) is 48.5 Å². The summed E-state index contributed by atoms with van der Waals surface area (Å²) in [6.07, 6.45) is 0. The summed E-state index contributed by atoms with van der Waals surface area (Å²) in [5.74, 6) is 0.0161. The largest absolute Gasteiger partial charge is 0.369 e. The number of carbonyl (C=O) groups excluding carboxylic acids is 2. The minimum absolute atomic E-state index is 0.0519. The highest BCUT2D eigenvalue weighted by Crippen LogP contribution is 2.19. The van der Waals surface area contributed by atoms with Crippen molar-refractivity contribution in [3.63, 3.8) is 0 Å². The summed E-state index contributed by atoms with van der Waals surface area (Å²) in [4.78, 5) is 28.4. The van der Waals surface area contributed by atoms with Crippen molar-refractivity contribution in [1.82, 2.24) is 4.90 Å². The maximum Gasteiger partial charge on any atom is 0.241 e. The van der Waals surface area contributed by atoms with Gasteiger partial charge in [-0.2, -0.15) is 5.26 Å². The van der Waals surface area contributed by atoms with Crippen molar-refractivity contribution < 1.29 is 9.59 Å². The predicted molar refractivity (Wildman–Crippen MR) is 109 cm³/mol. The Morgan fingerprint density at radius 2 is 1.61 bits per heavy atom. The van der Waals surface area contributed by atoms with Crippen LogP contribution in [0.1, 0.15) is 29.8 Å². The Kier molecular flexibility index (Phi) is 6.07. The number of nitrogens with one attached hydrogen (secondary N) is 1. The third kappa shape index (κ3) is 4.56. The Labute approximate surface area is 165 Å². The van der Waals surface area contributed by atoms with Gasteiger partial charge in [0.25, 0.3) is 0 Å². The van der Waals surface area contributed by atoms with Gasteiger partial charge in [-0.05, 0) is 62.4 Å². The second-order valence-corrected chi connectivity index (χ2v) is 6.98. The Morgan fingerprint density at radius 1 is 1.00 bits per heavy atom. The lowest BCUT2D eigenvalue weighted by atomic mass is 10.1. The van der Waals surface area contributed by atoms with Crippen LogP contribution in [0.4, 0.5) is 11.4 Å². The van der Waals surface area contributed by atoms with E-state index >= 15 is 0 Å². The first-order chi connectivity index (χ1) is 13.5. The molecule has 0 radical (unpaired) electrons. The van der Waals surface area contributed by atoms with Crippen molar-refractivity contribution in [3.05, 3.63) is 59.7 Å². The molecule has 0 bridgehead atoms. The number of ketones is 1. The fourth-order valence-corrected chi connectivity index (χ4v) is 3.31. The van der Waals surface area contributed by atoms with Gasteiger partial charge in [-0.1, -0.05) is 0 Å². The molecule has 3 rings (SSSR count). The lowest BCUT2D eigenvalue weighted by Gasteiger charge is -2.38. The zero-order valence-electron chi connectivity index (χ0n) is 16.2. The van der Waals surface area contributed by atoms with E-state index in [0.29, 0.717) is 11.3 Å². The van der Waals surface area contributed by atoms with E-state index in [1.807, 2.05) is 31.2 Å². The highest BCUT2D eigenvalue weighted by Gasteiger charge is 2.25. The molecule has 6 nitrogen and oxygen atoms in total. The van der Waals surface area contributed by atoms with Crippen molar-refractivity contribution in [3.8, 4) is 6.07 Å². The van der Waals surface area contributed by atoms with Gasteiger partial charge in [0.15, 0.2) is 5.78 Å². The molecule has 2 aromatic carbocycles. The Balaban J connectivity index is 1.53. The first-order valence-corrected chi connectivity index (χ1v) is 9.39. The molecule has 1 unspecified atom stereocenters. The van der Waals surface area contributed by atoms with Gasteiger partial charge in [-0.15, -0.1) is 0 Å². The van der Waals surface area contributed by atoms with E-state index in [2.05, 4.69) is 21.2 Å². The van der Waals surface area contributed by atoms with E-state index in [1.54, 1.807) is 31.2 Å². The summed E-state index contributed by atoms with van der Waals surface area (Å²) < 4.78 is 0. The molecule has 0 aliphatic carbocycles. The van der Waals surface area contributed by atoms with Crippen LogP contribution in [0.3, 0.4) is 0 Å². The van der Waals surface area contributed by atoms with Gasteiger partial charge in [-0.25, -0.2) is 0 Å². The van der Waals surface area contributed by atoms with E-state index in [-0.39, 0.29) is 17.7 Å². The molecule has 1 N–H and O–H groups in total. The van der Waals surface area contributed by atoms with Gasteiger partial charge in [0.1, 0.15) is 0 Å².